The molecule has 1 N–H and O–H groups in total. The van der Waals surface area contributed by atoms with Gasteiger partial charge in [-0.1, -0.05) is 30.3 Å². The number of hydrogen-bond donors (Lipinski definition) is 1. The van der Waals surface area contributed by atoms with E-state index in [1.165, 1.54) is 0 Å². The number of carbonyl (C=O) groups excluding carboxylic acids is 1. The molecular formula is C16H24N2O3. The van der Waals surface area contributed by atoms with Gasteiger partial charge in [0.05, 0.1) is 13.0 Å². The summed E-state index contributed by atoms with van der Waals surface area (Å²) in [7, 11) is 1.77. The maximum Gasteiger partial charge on any atom is 0.304 e. The number of benzene rings is 1. The van der Waals surface area contributed by atoms with Crippen LogP contribution in [0, 0.1) is 0 Å². The molecule has 116 valence electrons. The van der Waals surface area contributed by atoms with Crippen LogP contribution < -0.4 is 0 Å². The molecule has 5 nitrogen and oxygen atoms in total. The average molecular weight is 292 g/mol. The first kappa shape index (κ1) is 17.2. The lowest BCUT2D eigenvalue weighted by Gasteiger charge is -2.27. The summed E-state index contributed by atoms with van der Waals surface area (Å²) in [5.41, 5.74) is 1.08. The highest BCUT2D eigenvalue weighted by molar-refractivity contribution is 5.78. The maximum absolute atomic E-state index is 12.2. The Labute approximate surface area is 126 Å². The number of nitrogens with zero attached hydrogens (tertiary/aromatic N) is 2. The van der Waals surface area contributed by atoms with Crippen LogP contribution in [-0.4, -0.2) is 53.0 Å². The second-order valence-electron chi connectivity index (χ2n) is 5.44. The maximum atomic E-state index is 12.2. The Bertz CT molecular complexity index is 460. The first-order valence-electron chi connectivity index (χ1n) is 7.14. The molecule has 0 fully saturated rings. The molecule has 0 radical (unpaired) electrons. The normalized spacial score (nSPS) is 10.9. The zero-order valence-electron chi connectivity index (χ0n) is 13.0. The summed E-state index contributed by atoms with van der Waals surface area (Å²) in [6.45, 7) is 5.12. The Morgan fingerprint density at radius 3 is 2.33 bits per heavy atom. The third-order valence-electron chi connectivity index (χ3n) is 3.37. The fraction of sp³-hybridized carbons (Fsp3) is 0.500. The molecule has 0 aliphatic heterocycles. The van der Waals surface area contributed by atoms with Crippen LogP contribution in [0.15, 0.2) is 30.3 Å². The zero-order valence-corrected chi connectivity index (χ0v) is 13.0. The fourth-order valence-electron chi connectivity index (χ4n) is 2.00. The quantitative estimate of drug-likeness (QED) is 0.794. The molecule has 0 heterocycles. The number of aliphatic carboxylic acids is 1. The molecule has 1 aromatic carbocycles. The average Bonchev–Trinajstić information content (AvgIpc) is 2.43. The number of rotatable bonds is 8. The van der Waals surface area contributed by atoms with Crippen LogP contribution in [0.5, 0.6) is 0 Å². The number of carboxylic acid groups (broad SMARTS) is 1. The summed E-state index contributed by atoms with van der Waals surface area (Å²) in [5, 5.41) is 8.76. The van der Waals surface area contributed by atoms with Gasteiger partial charge >= 0.3 is 5.97 Å². The van der Waals surface area contributed by atoms with Crippen LogP contribution in [0.1, 0.15) is 25.8 Å². The molecule has 0 atom stereocenters. The molecule has 21 heavy (non-hydrogen) atoms. The highest BCUT2D eigenvalue weighted by Gasteiger charge is 2.17. The van der Waals surface area contributed by atoms with Gasteiger partial charge in [0.1, 0.15) is 0 Å². The van der Waals surface area contributed by atoms with E-state index in [1.807, 2.05) is 49.1 Å². The molecule has 1 amide bonds. The standard InChI is InChI=1S/C16H24N2O3/c1-13(2)18(10-9-16(20)21)12-15(19)17(3)11-14-7-5-4-6-8-14/h4-8,13H,9-12H2,1-3H3,(H,20,21). The van der Waals surface area contributed by atoms with E-state index in [0.29, 0.717) is 13.1 Å². The van der Waals surface area contributed by atoms with Gasteiger partial charge in [-0.15, -0.1) is 0 Å². The van der Waals surface area contributed by atoms with E-state index >= 15 is 0 Å². The Morgan fingerprint density at radius 2 is 1.81 bits per heavy atom. The lowest BCUT2D eigenvalue weighted by molar-refractivity contribution is -0.138. The van der Waals surface area contributed by atoms with E-state index in [1.54, 1.807) is 11.9 Å². The van der Waals surface area contributed by atoms with E-state index < -0.39 is 5.97 Å². The van der Waals surface area contributed by atoms with Crippen LogP contribution in [0.4, 0.5) is 0 Å². The van der Waals surface area contributed by atoms with Crippen molar-refractivity contribution in [2.75, 3.05) is 20.1 Å². The van der Waals surface area contributed by atoms with Gasteiger partial charge in [-0.3, -0.25) is 14.5 Å². The Kier molecular flexibility index (Phi) is 6.88. The van der Waals surface area contributed by atoms with Crippen molar-refractivity contribution in [3.63, 3.8) is 0 Å². The second kappa shape index (κ2) is 8.42. The number of carbonyl (C=O) groups is 2. The summed E-state index contributed by atoms with van der Waals surface area (Å²) in [6.07, 6.45) is 0.0495. The molecular weight excluding hydrogens is 268 g/mol. The molecule has 0 bridgehead atoms. The smallest absolute Gasteiger partial charge is 0.304 e. The first-order valence-corrected chi connectivity index (χ1v) is 7.14. The number of hydrogen-bond acceptors (Lipinski definition) is 3. The zero-order chi connectivity index (χ0) is 15.8. The van der Waals surface area contributed by atoms with Gasteiger partial charge in [-0.25, -0.2) is 0 Å². The Morgan fingerprint density at radius 1 is 1.19 bits per heavy atom. The largest absolute Gasteiger partial charge is 0.481 e. The molecule has 1 rings (SSSR count). The van der Waals surface area contributed by atoms with Crippen LogP contribution in [0.3, 0.4) is 0 Å². The van der Waals surface area contributed by atoms with Crippen molar-refractivity contribution in [1.29, 1.82) is 0 Å². The molecule has 0 aliphatic carbocycles. The van der Waals surface area contributed by atoms with E-state index in [4.69, 9.17) is 5.11 Å². The molecule has 0 spiro atoms. The van der Waals surface area contributed by atoms with Crippen molar-refractivity contribution in [2.45, 2.75) is 32.9 Å². The second-order valence-corrected chi connectivity index (χ2v) is 5.44. The predicted molar refractivity (Wildman–Crippen MR) is 81.9 cm³/mol. The number of amides is 1. The third-order valence-corrected chi connectivity index (χ3v) is 3.37. The molecule has 5 heteroatoms. The highest BCUT2D eigenvalue weighted by Crippen LogP contribution is 2.05. The summed E-state index contributed by atoms with van der Waals surface area (Å²) in [5.74, 6) is -0.844. The summed E-state index contributed by atoms with van der Waals surface area (Å²) in [6, 6.07) is 9.93. The van der Waals surface area contributed by atoms with Crippen LogP contribution >= 0.6 is 0 Å². The van der Waals surface area contributed by atoms with Gasteiger partial charge in [-0.05, 0) is 19.4 Å². The van der Waals surface area contributed by atoms with Crippen molar-refractivity contribution in [3.8, 4) is 0 Å². The Balaban J connectivity index is 2.53. The molecule has 0 aliphatic rings. The Hall–Kier alpha value is -1.88. The number of likely N-dealkylation sites (N-methyl/N-ethyl adjacent to an activating group) is 1. The molecule has 0 saturated heterocycles. The van der Waals surface area contributed by atoms with Crippen molar-refractivity contribution in [3.05, 3.63) is 35.9 Å². The van der Waals surface area contributed by atoms with Crippen molar-refractivity contribution < 1.29 is 14.7 Å². The lowest BCUT2D eigenvalue weighted by atomic mass is 10.2. The van der Waals surface area contributed by atoms with Gasteiger partial charge in [0, 0.05) is 26.2 Å². The summed E-state index contributed by atoms with van der Waals surface area (Å²) >= 11 is 0. The van der Waals surface area contributed by atoms with E-state index in [9.17, 15) is 9.59 Å². The van der Waals surface area contributed by atoms with Crippen molar-refractivity contribution in [1.82, 2.24) is 9.80 Å². The van der Waals surface area contributed by atoms with E-state index in [-0.39, 0.29) is 24.9 Å². The SMILES string of the molecule is CC(C)N(CCC(=O)O)CC(=O)N(C)Cc1ccccc1. The summed E-state index contributed by atoms with van der Waals surface area (Å²) in [4.78, 5) is 26.5. The van der Waals surface area contributed by atoms with Gasteiger partial charge in [0.2, 0.25) is 5.91 Å². The van der Waals surface area contributed by atoms with Crippen LogP contribution in [0.25, 0.3) is 0 Å². The van der Waals surface area contributed by atoms with Crippen LogP contribution in [0.2, 0.25) is 0 Å². The minimum absolute atomic E-state index is 0.00191. The van der Waals surface area contributed by atoms with Crippen LogP contribution in [-0.2, 0) is 16.1 Å². The molecule has 1 aromatic rings. The summed E-state index contributed by atoms with van der Waals surface area (Å²) < 4.78 is 0. The fourth-order valence-corrected chi connectivity index (χ4v) is 2.00. The minimum atomic E-state index is -0.842. The third kappa shape index (κ3) is 6.40. The lowest BCUT2D eigenvalue weighted by Crippen LogP contribution is -2.42. The van der Waals surface area contributed by atoms with Crippen molar-refractivity contribution in [2.24, 2.45) is 0 Å². The first-order chi connectivity index (χ1) is 9.90. The molecule has 0 unspecified atom stereocenters. The molecule has 0 aromatic heterocycles. The topological polar surface area (TPSA) is 60.9 Å². The van der Waals surface area contributed by atoms with E-state index in [2.05, 4.69) is 0 Å². The monoisotopic (exact) mass is 292 g/mol. The van der Waals surface area contributed by atoms with Gasteiger partial charge < -0.3 is 10.0 Å². The predicted octanol–water partition coefficient (Wildman–Crippen LogP) is 1.83. The van der Waals surface area contributed by atoms with E-state index in [0.717, 1.165) is 5.56 Å². The highest BCUT2D eigenvalue weighted by atomic mass is 16.4. The van der Waals surface area contributed by atoms with Gasteiger partial charge in [0.25, 0.3) is 0 Å². The number of carboxylic acids is 1. The molecule has 0 saturated carbocycles. The van der Waals surface area contributed by atoms with Gasteiger partial charge in [-0.2, -0.15) is 0 Å². The van der Waals surface area contributed by atoms with Crippen molar-refractivity contribution >= 4 is 11.9 Å². The minimum Gasteiger partial charge on any atom is -0.481 e. The van der Waals surface area contributed by atoms with Gasteiger partial charge in [0.15, 0.2) is 0 Å².